The molecule has 0 fully saturated rings. The third kappa shape index (κ3) is 2.43. The van der Waals surface area contributed by atoms with Crippen molar-refractivity contribution in [1.29, 1.82) is 0 Å². The van der Waals surface area contributed by atoms with Gasteiger partial charge >= 0.3 is 0 Å². The molecule has 0 unspecified atom stereocenters. The number of nitro groups is 1. The van der Waals surface area contributed by atoms with E-state index in [-0.39, 0.29) is 10.6 Å². The van der Waals surface area contributed by atoms with Crippen LogP contribution in [0.1, 0.15) is 29.8 Å². The van der Waals surface area contributed by atoms with E-state index in [0.29, 0.717) is 6.42 Å². The number of aromatic nitrogens is 2. The summed E-state index contributed by atoms with van der Waals surface area (Å²) in [5.41, 5.74) is 3.52. The highest BCUT2D eigenvalue weighted by Crippen LogP contribution is 2.22. The van der Waals surface area contributed by atoms with Gasteiger partial charge in [-0.05, 0) is 32.1 Å². The predicted octanol–water partition coefficient (Wildman–Crippen LogP) is 2.91. The molecule has 0 atom stereocenters. The number of fused-ring (bicyclic) bond motifs is 1. The Balaban J connectivity index is 1.77. The first-order valence-corrected chi connectivity index (χ1v) is 7.01. The van der Waals surface area contributed by atoms with E-state index in [1.165, 1.54) is 24.2 Å². The third-order valence-corrected chi connectivity index (χ3v) is 3.92. The van der Waals surface area contributed by atoms with Crippen molar-refractivity contribution in [3.63, 3.8) is 0 Å². The molecule has 0 aliphatic heterocycles. The minimum absolute atomic E-state index is 0.210. The molecule has 0 radical (unpaired) electrons. The first kappa shape index (κ1) is 12.8. The molecule has 1 aromatic carbocycles. The highest BCUT2D eigenvalue weighted by molar-refractivity contribution is 5.39. The van der Waals surface area contributed by atoms with Crippen molar-refractivity contribution in [3.8, 4) is 0 Å². The highest BCUT2D eigenvalue weighted by atomic mass is 16.6. The summed E-state index contributed by atoms with van der Waals surface area (Å²) in [6.45, 7) is 0.757. The van der Waals surface area contributed by atoms with Crippen LogP contribution in [-0.4, -0.2) is 14.5 Å². The Bertz CT molecular complexity index is 634. The number of aryl methyl sites for hydroxylation is 3. The summed E-state index contributed by atoms with van der Waals surface area (Å²) in [6.07, 6.45) is 7.11. The van der Waals surface area contributed by atoms with Crippen LogP contribution >= 0.6 is 0 Å². The lowest BCUT2D eigenvalue weighted by atomic mass is 10.0. The van der Waals surface area contributed by atoms with Crippen molar-refractivity contribution in [1.82, 2.24) is 9.55 Å². The number of imidazole rings is 1. The van der Waals surface area contributed by atoms with Crippen molar-refractivity contribution in [2.24, 2.45) is 0 Å². The van der Waals surface area contributed by atoms with E-state index in [4.69, 9.17) is 0 Å². The molecule has 0 saturated heterocycles. The van der Waals surface area contributed by atoms with Crippen LogP contribution in [0.4, 0.5) is 5.69 Å². The number of rotatable bonds is 4. The Morgan fingerprint density at radius 1 is 1.25 bits per heavy atom. The molecule has 1 aromatic heterocycles. The monoisotopic (exact) mass is 271 g/mol. The van der Waals surface area contributed by atoms with Crippen LogP contribution in [0, 0.1) is 10.1 Å². The van der Waals surface area contributed by atoms with Gasteiger partial charge in [0.1, 0.15) is 0 Å². The second-order valence-corrected chi connectivity index (χ2v) is 5.17. The third-order valence-electron chi connectivity index (χ3n) is 3.92. The molecule has 5 heteroatoms. The summed E-state index contributed by atoms with van der Waals surface area (Å²) in [7, 11) is 0. The average molecular weight is 271 g/mol. The van der Waals surface area contributed by atoms with Gasteiger partial charge in [-0.2, -0.15) is 0 Å². The van der Waals surface area contributed by atoms with Crippen LogP contribution in [0.3, 0.4) is 0 Å². The first-order valence-electron chi connectivity index (χ1n) is 7.01. The summed E-state index contributed by atoms with van der Waals surface area (Å²) < 4.78 is 2.16. The van der Waals surface area contributed by atoms with Gasteiger partial charge in [-0.1, -0.05) is 18.2 Å². The molecule has 104 valence electrons. The van der Waals surface area contributed by atoms with E-state index >= 15 is 0 Å². The van der Waals surface area contributed by atoms with Gasteiger partial charge in [0.2, 0.25) is 0 Å². The van der Waals surface area contributed by atoms with E-state index in [1.807, 2.05) is 18.5 Å². The topological polar surface area (TPSA) is 61.0 Å². The van der Waals surface area contributed by atoms with Gasteiger partial charge < -0.3 is 4.57 Å². The number of para-hydroxylation sites is 1. The van der Waals surface area contributed by atoms with Crippen LogP contribution in [-0.2, 0) is 25.8 Å². The number of hydrogen-bond donors (Lipinski definition) is 0. The fourth-order valence-electron chi connectivity index (χ4n) is 2.86. The van der Waals surface area contributed by atoms with Crippen molar-refractivity contribution in [2.75, 3.05) is 0 Å². The Labute approximate surface area is 117 Å². The lowest BCUT2D eigenvalue weighted by Gasteiger charge is -2.14. The molecule has 0 N–H and O–H groups in total. The van der Waals surface area contributed by atoms with Gasteiger partial charge in [0.25, 0.3) is 5.69 Å². The second kappa shape index (κ2) is 5.45. The summed E-state index contributed by atoms with van der Waals surface area (Å²) in [4.78, 5) is 15.2. The molecule has 1 aliphatic carbocycles. The maximum atomic E-state index is 11.0. The van der Waals surface area contributed by atoms with Gasteiger partial charge in [-0.25, -0.2) is 4.98 Å². The van der Waals surface area contributed by atoms with Crippen LogP contribution in [0.2, 0.25) is 0 Å². The first-order chi connectivity index (χ1) is 9.75. The molecule has 0 bridgehead atoms. The SMILES string of the molecule is O=[N+]([O-])c1ccccc1CCn1cnc2c1CCCC2. The van der Waals surface area contributed by atoms with Crippen LogP contribution in [0.15, 0.2) is 30.6 Å². The zero-order chi connectivity index (χ0) is 13.9. The van der Waals surface area contributed by atoms with E-state index in [9.17, 15) is 10.1 Å². The van der Waals surface area contributed by atoms with Gasteiger partial charge in [-0.15, -0.1) is 0 Å². The van der Waals surface area contributed by atoms with Gasteiger partial charge in [0.05, 0.1) is 16.9 Å². The number of benzene rings is 1. The van der Waals surface area contributed by atoms with Gasteiger partial charge in [0.15, 0.2) is 0 Å². The molecule has 2 aromatic rings. The molecule has 0 amide bonds. The lowest BCUT2D eigenvalue weighted by Crippen LogP contribution is -2.10. The Hall–Kier alpha value is -2.17. The van der Waals surface area contributed by atoms with Crippen molar-refractivity contribution in [3.05, 3.63) is 57.7 Å². The smallest absolute Gasteiger partial charge is 0.272 e. The van der Waals surface area contributed by atoms with E-state index in [0.717, 1.165) is 24.9 Å². The minimum atomic E-state index is -0.307. The summed E-state index contributed by atoms with van der Waals surface area (Å²) in [5.74, 6) is 0. The highest BCUT2D eigenvalue weighted by Gasteiger charge is 2.16. The summed E-state index contributed by atoms with van der Waals surface area (Å²) in [6, 6.07) is 6.96. The molecule has 5 nitrogen and oxygen atoms in total. The fourth-order valence-corrected chi connectivity index (χ4v) is 2.86. The Morgan fingerprint density at radius 3 is 2.90 bits per heavy atom. The Kier molecular flexibility index (Phi) is 3.50. The lowest BCUT2D eigenvalue weighted by molar-refractivity contribution is -0.385. The maximum absolute atomic E-state index is 11.0. The van der Waals surface area contributed by atoms with Gasteiger partial charge in [-0.3, -0.25) is 10.1 Å². The molecule has 0 saturated carbocycles. The van der Waals surface area contributed by atoms with E-state index in [2.05, 4.69) is 9.55 Å². The molecule has 20 heavy (non-hydrogen) atoms. The summed E-state index contributed by atoms with van der Waals surface area (Å²) >= 11 is 0. The van der Waals surface area contributed by atoms with Crippen LogP contribution < -0.4 is 0 Å². The molecule has 0 spiro atoms. The average Bonchev–Trinajstić information content (AvgIpc) is 2.88. The van der Waals surface area contributed by atoms with Crippen LogP contribution in [0.25, 0.3) is 0 Å². The second-order valence-electron chi connectivity index (χ2n) is 5.17. The van der Waals surface area contributed by atoms with E-state index < -0.39 is 0 Å². The maximum Gasteiger partial charge on any atom is 0.272 e. The zero-order valence-electron chi connectivity index (χ0n) is 11.3. The standard InChI is InChI=1S/C15H17N3O2/c19-18(20)14-7-3-1-5-12(14)9-10-17-11-16-13-6-2-4-8-15(13)17/h1,3,5,7,11H,2,4,6,8-10H2. The van der Waals surface area contributed by atoms with Crippen molar-refractivity contribution in [2.45, 2.75) is 38.6 Å². The van der Waals surface area contributed by atoms with Crippen LogP contribution in [0.5, 0.6) is 0 Å². The molecule has 3 rings (SSSR count). The zero-order valence-corrected chi connectivity index (χ0v) is 11.3. The number of nitro benzene ring substituents is 1. The molecular formula is C15H17N3O2. The fraction of sp³-hybridized carbons (Fsp3) is 0.400. The quantitative estimate of drug-likeness (QED) is 0.634. The number of nitrogens with zero attached hydrogens (tertiary/aromatic N) is 3. The molecule has 1 heterocycles. The van der Waals surface area contributed by atoms with Crippen molar-refractivity contribution < 1.29 is 4.92 Å². The van der Waals surface area contributed by atoms with Gasteiger partial charge in [0, 0.05) is 23.9 Å². The largest absolute Gasteiger partial charge is 0.334 e. The summed E-state index contributed by atoms with van der Waals surface area (Å²) in [5, 5.41) is 11.0. The minimum Gasteiger partial charge on any atom is -0.334 e. The molecular weight excluding hydrogens is 254 g/mol. The normalized spacial score (nSPS) is 14.0. The number of hydrogen-bond acceptors (Lipinski definition) is 3. The Morgan fingerprint density at radius 2 is 2.05 bits per heavy atom. The van der Waals surface area contributed by atoms with E-state index in [1.54, 1.807) is 12.1 Å². The predicted molar refractivity (Wildman–Crippen MR) is 75.7 cm³/mol. The molecule has 1 aliphatic rings. The van der Waals surface area contributed by atoms with Crippen molar-refractivity contribution >= 4 is 5.69 Å².